The Morgan fingerprint density at radius 2 is 1.35 bits per heavy atom. The van der Waals surface area contributed by atoms with Crippen LogP contribution in [0.25, 0.3) is 5.76 Å². The number of hydrogen-bond acceptors (Lipinski definition) is 4. The predicted octanol–water partition coefficient (Wildman–Crippen LogP) is 4.91. The van der Waals surface area contributed by atoms with Crippen LogP contribution < -0.4 is 0 Å². The Labute approximate surface area is 181 Å². The fourth-order valence-electron chi connectivity index (χ4n) is 5.60. The number of benzene rings is 3. The van der Waals surface area contributed by atoms with Crippen molar-refractivity contribution in [2.45, 2.75) is 18.3 Å². The molecule has 4 nitrogen and oxygen atoms in total. The van der Waals surface area contributed by atoms with E-state index in [1.165, 1.54) is 0 Å². The molecule has 3 unspecified atom stereocenters. The van der Waals surface area contributed by atoms with E-state index < -0.39 is 16.8 Å². The number of cyclic esters (lactones) is 1. The number of rotatable bonds is 3. The first-order valence-electron chi connectivity index (χ1n) is 10.6. The van der Waals surface area contributed by atoms with Gasteiger partial charge in [0.25, 0.3) is 0 Å². The van der Waals surface area contributed by atoms with Crippen molar-refractivity contribution in [2.24, 2.45) is 11.3 Å². The highest BCUT2D eigenvalue weighted by molar-refractivity contribution is 5.88. The Morgan fingerprint density at radius 3 is 1.94 bits per heavy atom. The summed E-state index contributed by atoms with van der Waals surface area (Å²) >= 11 is 0. The molecule has 3 aromatic carbocycles. The maximum Gasteiger partial charge on any atom is 0.323 e. The van der Waals surface area contributed by atoms with Crippen molar-refractivity contribution in [1.82, 2.24) is 0 Å². The van der Waals surface area contributed by atoms with Crippen LogP contribution in [0.15, 0.2) is 97.1 Å². The molecule has 0 aromatic heterocycles. The summed E-state index contributed by atoms with van der Waals surface area (Å²) < 4.78 is 19.1. The van der Waals surface area contributed by atoms with Crippen molar-refractivity contribution in [3.63, 3.8) is 0 Å². The molecule has 2 saturated heterocycles. The Kier molecular flexibility index (Phi) is 3.75. The van der Waals surface area contributed by atoms with Gasteiger partial charge in [0.05, 0.1) is 12.5 Å². The Hall–Kier alpha value is -3.37. The molecular formula is C27H22O4. The summed E-state index contributed by atoms with van der Waals surface area (Å²) in [4.78, 5) is 13.4. The zero-order chi connectivity index (χ0) is 21.1. The number of hydrogen-bond donors (Lipinski definition) is 0. The average molecular weight is 410 g/mol. The molecule has 0 amide bonds. The molecule has 2 fully saturated rings. The van der Waals surface area contributed by atoms with Gasteiger partial charge >= 0.3 is 5.97 Å². The quantitative estimate of drug-likeness (QED) is 0.576. The van der Waals surface area contributed by atoms with Crippen LogP contribution in [0.4, 0.5) is 0 Å². The van der Waals surface area contributed by atoms with Crippen molar-refractivity contribution in [3.05, 3.63) is 114 Å². The monoisotopic (exact) mass is 410 g/mol. The largest absolute Gasteiger partial charge is 0.464 e. The smallest absolute Gasteiger partial charge is 0.323 e. The van der Waals surface area contributed by atoms with Gasteiger partial charge < -0.3 is 14.2 Å². The third-order valence-corrected chi connectivity index (χ3v) is 6.99. The van der Waals surface area contributed by atoms with E-state index in [2.05, 4.69) is 24.3 Å². The van der Waals surface area contributed by atoms with Crippen LogP contribution in [-0.4, -0.2) is 18.4 Å². The predicted molar refractivity (Wildman–Crippen MR) is 116 cm³/mol. The lowest BCUT2D eigenvalue weighted by Crippen LogP contribution is -2.45. The zero-order valence-electron chi connectivity index (χ0n) is 17.2. The van der Waals surface area contributed by atoms with Gasteiger partial charge in [-0.1, -0.05) is 91.0 Å². The third kappa shape index (κ3) is 2.26. The number of carbonyl (C=O) groups is 1. The molecule has 6 rings (SSSR count). The lowest BCUT2D eigenvalue weighted by molar-refractivity contribution is -0.227. The van der Waals surface area contributed by atoms with E-state index in [-0.39, 0.29) is 18.5 Å². The van der Waals surface area contributed by atoms with Gasteiger partial charge in [-0.2, -0.15) is 0 Å². The summed E-state index contributed by atoms with van der Waals surface area (Å²) in [6, 6.07) is 30.0. The van der Waals surface area contributed by atoms with Gasteiger partial charge in [-0.15, -0.1) is 0 Å². The fraction of sp³-hybridized carbons (Fsp3) is 0.222. The summed E-state index contributed by atoms with van der Waals surface area (Å²) in [7, 11) is 0. The van der Waals surface area contributed by atoms with Crippen LogP contribution in [0.5, 0.6) is 0 Å². The minimum Gasteiger partial charge on any atom is -0.464 e. The van der Waals surface area contributed by atoms with Crippen molar-refractivity contribution < 1.29 is 19.0 Å². The van der Waals surface area contributed by atoms with Crippen molar-refractivity contribution in [1.29, 1.82) is 0 Å². The number of ether oxygens (including phenoxy) is 3. The van der Waals surface area contributed by atoms with Gasteiger partial charge in [-0.25, -0.2) is 0 Å². The normalized spacial score (nSPS) is 30.2. The summed E-state index contributed by atoms with van der Waals surface area (Å²) in [5.41, 5.74) is 0.974. The lowest BCUT2D eigenvalue weighted by atomic mass is 9.65. The van der Waals surface area contributed by atoms with Crippen molar-refractivity contribution in [2.75, 3.05) is 6.61 Å². The molecule has 0 radical (unpaired) electrons. The van der Waals surface area contributed by atoms with E-state index in [4.69, 9.17) is 14.2 Å². The van der Waals surface area contributed by atoms with E-state index >= 15 is 0 Å². The fourth-order valence-corrected chi connectivity index (χ4v) is 5.60. The first-order chi connectivity index (χ1) is 15.1. The minimum absolute atomic E-state index is 0.264. The van der Waals surface area contributed by atoms with Gasteiger partial charge in [0.15, 0.2) is 5.41 Å². The highest BCUT2D eigenvalue weighted by Gasteiger charge is 2.80. The highest BCUT2D eigenvalue weighted by Crippen LogP contribution is 2.69. The molecule has 1 spiro atoms. The molecule has 3 aromatic rings. The molecule has 3 atom stereocenters. The Morgan fingerprint density at radius 1 is 0.806 bits per heavy atom. The standard InChI is InChI=1S/C27H22O4/c1-25-26(17-22(30-25)19-11-5-2-6-12-19)23(18-29-24(26)28)27(31-25,20-13-7-3-8-14-20)21-15-9-4-10-16-21/h2-17,23H,18H2,1H3. The SMILES string of the molecule is CC12OC(c3ccccc3)=CC13C(=O)OCC3C(c1ccccc1)(c1ccccc1)O2. The maximum absolute atomic E-state index is 13.4. The number of esters is 1. The van der Waals surface area contributed by atoms with Crippen LogP contribution in [0.1, 0.15) is 23.6 Å². The topological polar surface area (TPSA) is 44.8 Å². The molecule has 0 N–H and O–H groups in total. The Bertz CT molecular complexity index is 1130. The summed E-state index contributed by atoms with van der Waals surface area (Å²) in [6.45, 7) is 2.13. The summed E-state index contributed by atoms with van der Waals surface area (Å²) in [5, 5.41) is 0. The lowest BCUT2D eigenvalue weighted by Gasteiger charge is -2.36. The summed E-state index contributed by atoms with van der Waals surface area (Å²) in [5.74, 6) is -1.10. The van der Waals surface area contributed by atoms with Gasteiger partial charge in [-0.05, 0) is 17.2 Å². The molecule has 0 saturated carbocycles. The van der Waals surface area contributed by atoms with Gasteiger partial charge in [0, 0.05) is 12.5 Å². The van der Waals surface area contributed by atoms with Crippen LogP contribution >= 0.6 is 0 Å². The third-order valence-electron chi connectivity index (χ3n) is 6.99. The van der Waals surface area contributed by atoms with E-state index in [9.17, 15) is 4.79 Å². The van der Waals surface area contributed by atoms with E-state index in [0.717, 1.165) is 16.7 Å². The molecule has 154 valence electrons. The van der Waals surface area contributed by atoms with Crippen molar-refractivity contribution >= 4 is 11.7 Å². The molecule has 3 aliphatic heterocycles. The maximum atomic E-state index is 13.4. The zero-order valence-corrected chi connectivity index (χ0v) is 17.2. The molecule has 0 aliphatic carbocycles. The van der Waals surface area contributed by atoms with Gasteiger partial charge in [0.1, 0.15) is 11.4 Å². The summed E-state index contributed by atoms with van der Waals surface area (Å²) in [6.07, 6.45) is 1.94. The van der Waals surface area contributed by atoms with Crippen LogP contribution in [0.3, 0.4) is 0 Å². The second-order valence-electron chi connectivity index (χ2n) is 8.51. The van der Waals surface area contributed by atoms with Crippen LogP contribution in [0.2, 0.25) is 0 Å². The second kappa shape index (κ2) is 6.32. The molecular weight excluding hydrogens is 388 g/mol. The molecule has 0 bridgehead atoms. The average Bonchev–Trinajstić information content (AvgIpc) is 3.39. The highest BCUT2D eigenvalue weighted by atomic mass is 16.7. The van der Waals surface area contributed by atoms with E-state index in [1.807, 2.05) is 79.7 Å². The van der Waals surface area contributed by atoms with Crippen LogP contribution in [0, 0.1) is 11.3 Å². The molecule has 3 aliphatic rings. The Balaban J connectivity index is 1.60. The minimum atomic E-state index is -1.19. The van der Waals surface area contributed by atoms with Gasteiger partial charge in [0.2, 0.25) is 5.79 Å². The molecule has 3 heterocycles. The second-order valence-corrected chi connectivity index (χ2v) is 8.51. The first kappa shape index (κ1) is 18.4. The number of carbonyl (C=O) groups excluding carboxylic acids is 1. The van der Waals surface area contributed by atoms with Gasteiger partial charge in [-0.3, -0.25) is 4.79 Å². The molecule has 31 heavy (non-hydrogen) atoms. The van der Waals surface area contributed by atoms with E-state index in [0.29, 0.717) is 5.76 Å². The van der Waals surface area contributed by atoms with Crippen LogP contribution in [-0.2, 0) is 24.6 Å². The van der Waals surface area contributed by atoms with E-state index in [1.54, 1.807) is 0 Å². The first-order valence-corrected chi connectivity index (χ1v) is 10.6. The van der Waals surface area contributed by atoms with Crippen molar-refractivity contribution in [3.8, 4) is 0 Å². The molecule has 4 heteroatoms.